The van der Waals surface area contributed by atoms with Gasteiger partial charge < -0.3 is 5.32 Å². The largest absolute Gasteiger partial charge is 0.323 e. The Hall–Kier alpha value is -3.28. The third-order valence-corrected chi connectivity index (χ3v) is 6.61. The summed E-state index contributed by atoms with van der Waals surface area (Å²) in [5.41, 5.74) is 1.44. The first-order valence-electron chi connectivity index (χ1n) is 10.4. The van der Waals surface area contributed by atoms with Crippen LogP contribution < -0.4 is 5.32 Å². The van der Waals surface area contributed by atoms with Gasteiger partial charge in [0.25, 0.3) is 0 Å². The number of benzene rings is 1. The normalized spacial score (nSPS) is 27.8. The van der Waals surface area contributed by atoms with Crippen molar-refractivity contribution in [3.63, 3.8) is 0 Å². The highest BCUT2D eigenvalue weighted by Crippen LogP contribution is 2.50. The van der Waals surface area contributed by atoms with E-state index in [-0.39, 0.29) is 47.8 Å². The first-order chi connectivity index (χ1) is 14.6. The minimum atomic E-state index is -0.891. The zero-order chi connectivity index (χ0) is 20.7. The molecular weight excluding hydrogens is 378 g/mol. The smallest absolute Gasteiger partial charge is 0.248 e. The molecule has 152 valence electrons. The SMILES string of the molecule is O=C(Nc1cccnc1)[C@@H](Cc1ccccc1)N1C(=O)[C@@H]2[C@H](C1=O)[C@H]1C=C[C@H]2CC1. The predicted octanol–water partition coefficient (Wildman–Crippen LogP) is 2.83. The first kappa shape index (κ1) is 18.7. The molecule has 2 bridgehead atoms. The fourth-order valence-corrected chi connectivity index (χ4v) is 5.21. The number of hydrogen-bond donors (Lipinski definition) is 1. The van der Waals surface area contributed by atoms with Crippen LogP contribution in [0.15, 0.2) is 67.0 Å². The van der Waals surface area contributed by atoms with Gasteiger partial charge in [0.15, 0.2) is 0 Å². The molecule has 1 aliphatic heterocycles. The number of fused-ring (bicyclic) bond motifs is 1. The van der Waals surface area contributed by atoms with Gasteiger partial charge in [-0.3, -0.25) is 24.3 Å². The molecule has 1 N–H and O–H groups in total. The van der Waals surface area contributed by atoms with Gasteiger partial charge in [0, 0.05) is 12.6 Å². The first-order valence-corrected chi connectivity index (χ1v) is 10.4. The van der Waals surface area contributed by atoms with Crippen LogP contribution >= 0.6 is 0 Å². The van der Waals surface area contributed by atoms with Gasteiger partial charge in [-0.15, -0.1) is 0 Å². The fourth-order valence-electron chi connectivity index (χ4n) is 5.21. The van der Waals surface area contributed by atoms with Gasteiger partial charge in [-0.1, -0.05) is 42.5 Å². The van der Waals surface area contributed by atoms with Crippen molar-refractivity contribution in [2.45, 2.75) is 25.3 Å². The highest BCUT2D eigenvalue weighted by atomic mass is 16.2. The Labute approximate surface area is 175 Å². The van der Waals surface area contributed by atoms with Gasteiger partial charge in [0.2, 0.25) is 17.7 Å². The Morgan fingerprint density at radius 2 is 1.67 bits per heavy atom. The van der Waals surface area contributed by atoms with E-state index in [0.29, 0.717) is 5.69 Å². The molecule has 6 rings (SSSR count). The average Bonchev–Trinajstić information content (AvgIpc) is 3.07. The molecule has 1 saturated carbocycles. The Bertz CT molecular complexity index is 973. The van der Waals surface area contributed by atoms with Crippen LogP contribution in [0.1, 0.15) is 18.4 Å². The van der Waals surface area contributed by atoms with Crippen LogP contribution in [-0.4, -0.2) is 33.6 Å². The number of rotatable bonds is 5. The van der Waals surface area contributed by atoms with Crippen LogP contribution in [0.2, 0.25) is 0 Å². The number of nitrogens with one attached hydrogen (secondary N) is 1. The van der Waals surface area contributed by atoms with Gasteiger partial charge in [0.05, 0.1) is 23.7 Å². The van der Waals surface area contributed by atoms with E-state index in [9.17, 15) is 14.4 Å². The Morgan fingerprint density at radius 1 is 1.00 bits per heavy atom. The fraction of sp³-hybridized carbons (Fsp3) is 0.333. The van der Waals surface area contributed by atoms with Gasteiger partial charge in [-0.25, -0.2) is 0 Å². The maximum Gasteiger partial charge on any atom is 0.248 e. The van der Waals surface area contributed by atoms with E-state index < -0.39 is 6.04 Å². The summed E-state index contributed by atoms with van der Waals surface area (Å²) < 4.78 is 0. The molecule has 2 fully saturated rings. The maximum absolute atomic E-state index is 13.4. The molecule has 0 spiro atoms. The summed E-state index contributed by atoms with van der Waals surface area (Å²) in [5.74, 6) is -1.23. The van der Waals surface area contributed by atoms with Gasteiger partial charge >= 0.3 is 0 Å². The second-order valence-electron chi connectivity index (χ2n) is 8.32. The number of amides is 3. The molecular formula is C24H23N3O3. The summed E-state index contributed by atoms with van der Waals surface area (Å²) in [5, 5.41) is 2.84. The average molecular weight is 401 g/mol. The van der Waals surface area contributed by atoms with Crippen molar-refractivity contribution in [1.82, 2.24) is 9.88 Å². The number of carbonyl (C=O) groups is 3. The molecule has 2 aromatic rings. The topological polar surface area (TPSA) is 79.4 Å². The number of nitrogens with zero attached hydrogens (tertiary/aromatic N) is 2. The summed E-state index contributed by atoms with van der Waals surface area (Å²) in [7, 11) is 0. The number of aromatic nitrogens is 1. The summed E-state index contributed by atoms with van der Waals surface area (Å²) in [6.45, 7) is 0. The summed E-state index contributed by atoms with van der Waals surface area (Å²) >= 11 is 0. The molecule has 3 aliphatic carbocycles. The van der Waals surface area contributed by atoms with Crippen molar-refractivity contribution in [2.24, 2.45) is 23.7 Å². The monoisotopic (exact) mass is 401 g/mol. The number of allylic oxidation sites excluding steroid dienone is 2. The van der Waals surface area contributed by atoms with E-state index in [0.717, 1.165) is 18.4 Å². The highest BCUT2D eigenvalue weighted by Gasteiger charge is 2.58. The lowest BCUT2D eigenvalue weighted by atomic mass is 9.63. The molecule has 30 heavy (non-hydrogen) atoms. The lowest BCUT2D eigenvalue weighted by molar-refractivity contribution is -0.146. The third kappa shape index (κ3) is 3.12. The van der Waals surface area contributed by atoms with Crippen molar-refractivity contribution in [2.75, 3.05) is 5.32 Å². The molecule has 1 saturated heterocycles. The number of carbonyl (C=O) groups excluding carboxylic acids is 3. The van der Waals surface area contributed by atoms with Crippen molar-refractivity contribution in [1.29, 1.82) is 0 Å². The van der Waals surface area contributed by atoms with Gasteiger partial charge in [-0.2, -0.15) is 0 Å². The van der Waals surface area contributed by atoms with E-state index in [1.807, 2.05) is 30.3 Å². The minimum absolute atomic E-state index is 0.0974. The predicted molar refractivity (Wildman–Crippen MR) is 111 cm³/mol. The second-order valence-corrected chi connectivity index (χ2v) is 8.32. The molecule has 2 heterocycles. The quantitative estimate of drug-likeness (QED) is 0.617. The van der Waals surface area contributed by atoms with E-state index in [1.54, 1.807) is 24.5 Å². The zero-order valence-corrected chi connectivity index (χ0v) is 16.5. The Balaban J connectivity index is 1.47. The Kier molecular flexibility index (Phi) is 4.69. The van der Waals surface area contributed by atoms with Crippen LogP contribution in [0.5, 0.6) is 0 Å². The van der Waals surface area contributed by atoms with Crippen LogP contribution in [0.4, 0.5) is 5.69 Å². The molecule has 1 aromatic carbocycles. The molecule has 6 nitrogen and oxygen atoms in total. The molecule has 0 radical (unpaired) electrons. The number of imide groups is 1. The highest BCUT2D eigenvalue weighted by molar-refractivity contribution is 6.10. The molecule has 1 aromatic heterocycles. The lowest BCUT2D eigenvalue weighted by Crippen LogP contribution is -2.49. The standard InChI is InChI=1S/C24H23N3O3/c28-22(26-18-7-4-12-25-14-18)19(13-15-5-2-1-3-6-15)27-23(29)20-16-8-9-17(11-10-16)21(20)24(27)30/h1-9,12,14,16-17,19-21H,10-11,13H2,(H,26,28)/t16-,17-,19+,20-,21+/m0/s1. The minimum Gasteiger partial charge on any atom is -0.323 e. The van der Waals surface area contributed by atoms with E-state index >= 15 is 0 Å². The van der Waals surface area contributed by atoms with Crippen LogP contribution in [0.3, 0.4) is 0 Å². The van der Waals surface area contributed by atoms with Crippen LogP contribution in [0, 0.1) is 23.7 Å². The van der Waals surface area contributed by atoms with Gasteiger partial charge in [-0.05, 0) is 42.4 Å². The van der Waals surface area contributed by atoms with Crippen LogP contribution in [0.25, 0.3) is 0 Å². The van der Waals surface area contributed by atoms with E-state index in [2.05, 4.69) is 22.5 Å². The molecule has 5 atom stereocenters. The number of pyridine rings is 1. The number of likely N-dealkylation sites (tertiary alicyclic amines) is 1. The van der Waals surface area contributed by atoms with Gasteiger partial charge in [0.1, 0.15) is 6.04 Å². The molecule has 4 aliphatic rings. The maximum atomic E-state index is 13.4. The molecule has 0 unspecified atom stereocenters. The summed E-state index contributed by atoms with van der Waals surface area (Å²) in [4.78, 5) is 45.4. The second kappa shape index (κ2) is 7.52. The Morgan fingerprint density at radius 3 is 2.23 bits per heavy atom. The zero-order valence-electron chi connectivity index (χ0n) is 16.5. The van der Waals surface area contributed by atoms with E-state index in [1.165, 1.54) is 4.90 Å². The number of anilines is 1. The molecule has 6 heteroatoms. The lowest BCUT2D eigenvalue weighted by Gasteiger charge is -2.38. The number of hydrogen-bond acceptors (Lipinski definition) is 4. The summed E-state index contributed by atoms with van der Waals surface area (Å²) in [6, 6.07) is 12.1. The van der Waals surface area contributed by atoms with Crippen LogP contribution in [-0.2, 0) is 20.8 Å². The van der Waals surface area contributed by atoms with Crippen molar-refractivity contribution in [3.05, 3.63) is 72.6 Å². The van der Waals surface area contributed by atoms with Crippen molar-refractivity contribution < 1.29 is 14.4 Å². The van der Waals surface area contributed by atoms with E-state index in [4.69, 9.17) is 0 Å². The van der Waals surface area contributed by atoms with Crippen molar-refractivity contribution in [3.8, 4) is 0 Å². The van der Waals surface area contributed by atoms with Crippen molar-refractivity contribution >= 4 is 23.4 Å². The summed E-state index contributed by atoms with van der Waals surface area (Å²) in [6.07, 6.45) is 9.50. The molecule has 3 amide bonds. The third-order valence-electron chi connectivity index (χ3n) is 6.61.